The Morgan fingerprint density at radius 1 is 1.57 bits per heavy atom. The number of allylic oxidation sites excluding steroid dienone is 3. The predicted molar refractivity (Wildman–Crippen MR) is 60.6 cm³/mol. The lowest BCUT2D eigenvalue weighted by atomic mass is 10.2. The molecule has 0 amide bonds. The minimum Gasteiger partial charge on any atom is -0.303 e. The molecule has 0 aliphatic heterocycles. The van der Waals surface area contributed by atoms with E-state index in [9.17, 15) is 9.59 Å². The van der Waals surface area contributed by atoms with Gasteiger partial charge in [-0.3, -0.25) is 4.79 Å². The van der Waals surface area contributed by atoms with Crippen molar-refractivity contribution >= 4 is 32.6 Å². The molecule has 0 aromatic carbocycles. The topological polar surface area (TPSA) is 46.5 Å². The molecule has 0 atom stereocenters. The first-order valence-corrected chi connectivity index (χ1v) is 4.94. The lowest BCUT2D eigenvalue weighted by Gasteiger charge is -1.98. The van der Waals surface area contributed by atoms with Gasteiger partial charge in [0.15, 0.2) is 5.78 Å². The largest absolute Gasteiger partial charge is 0.303 e. The van der Waals surface area contributed by atoms with Gasteiger partial charge in [-0.1, -0.05) is 12.7 Å². The van der Waals surface area contributed by atoms with E-state index in [2.05, 4.69) is 27.5 Å². The maximum absolute atomic E-state index is 11.4. The van der Waals surface area contributed by atoms with Crippen LogP contribution in [0.1, 0.15) is 19.8 Å². The quantitative estimate of drug-likeness (QED) is 0.417. The Kier molecular flexibility index (Phi) is 6.84. The van der Waals surface area contributed by atoms with E-state index < -0.39 is 0 Å². The third-order valence-electron chi connectivity index (χ3n) is 1.44. The highest BCUT2D eigenvalue weighted by atomic mass is 79.9. The Labute approximate surface area is 91.7 Å². The van der Waals surface area contributed by atoms with Crippen LogP contribution in [0.3, 0.4) is 0 Å². The summed E-state index contributed by atoms with van der Waals surface area (Å²) >= 11 is 3.12. The summed E-state index contributed by atoms with van der Waals surface area (Å²) < 4.78 is 0.505. The van der Waals surface area contributed by atoms with Gasteiger partial charge in [-0.2, -0.15) is 0 Å². The van der Waals surface area contributed by atoms with Crippen LogP contribution in [0.4, 0.5) is 0 Å². The monoisotopic (exact) mass is 257 g/mol. The van der Waals surface area contributed by atoms with Gasteiger partial charge < -0.3 is 4.79 Å². The summed E-state index contributed by atoms with van der Waals surface area (Å²) in [6.45, 7) is 5.22. The van der Waals surface area contributed by atoms with Crippen LogP contribution in [0, 0.1) is 0 Å². The predicted octanol–water partition coefficient (Wildman–Crippen LogP) is 2.42. The molecule has 0 saturated carbocycles. The van der Waals surface area contributed by atoms with Gasteiger partial charge in [-0.15, -0.1) is 0 Å². The fourth-order valence-electron chi connectivity index (χ4n) is 0.767. The number of carbonyl (C=O) groups excluding carboxylic acids is 2. The second-order valence-corrected chi connectivity index (χ2v) is 3.25. The molecule has 0 N–H and O–H groups in total. The second kappa shape index (κ2) is 7.38. The summed E-state index contributed by atoms with van der Waals surface area (Å²) in [5, 5.41) is 0. The molecular weight excluding hydrogens is 246 g/mol. The molecule has 3 nitrogen and oxygen atoms in total. The van der Waals surface area contributed by atoms with Gasteiger partial charge >= 0.3 is 0 Å². The third kappa shape index (κ3) is 4.87. The SMILES string of the molecule is C=CC(Br)=NC(=CC)C(=O)CCC=O. The molecule has 14 heavy (non-hydrogen) atoms. The molecule has 0 saturated heterocycles. The molecule has 0 heterocycles. The van der Waals surface area contributed by atoms with Gasteiger partial charge in [0.2, 0.25) is 0 Å². The van der Waals surface area contributed by atoms with Crippen molar-refractivity contribution in [2.24, 2.45) is 4.99 Å². The van der Waals surface area contributed by atoms with Crippen molar-refractivity contribution in [1.82, 2.24) is 0 Å². The smallest absolute Gasteiger partial charge is 0.181 e. The van der Waals surface area contributed by atoms with Crippen molar-refractivity contribution in [3.8, 4) is 0 Å². The van der Waals surface area contributed by atoms with Gasteiger partial charge in [0.05, 0.1) is 0 Å². The number of halogens is 1. The van der Waals surface area contributed by atoms with Crippen molar-refractivity contribution < 1.29 is 9.59 Å². The Balaban J connectivity index is 4.51. The van der Waals surface area contributed by atoms with Gasteiger partial charge in [0.1, 0.15) is 16.6 Å². The van der Waals surface area contributed by atoms with E-state index in [1.807, 2.05) is 0 Å². The molecule has 0 spiro atoms. The molecule has 0 aliphatic carbocycles. The van der Waals surface area contributed by atoms with Crippen molar-refractivity contribution in [2.45, 2.75) is 19.8 Å². The normalized spacial score (nSPS) is 12.4. The highest BCUT2D eigenvalue weighted by molar-refractivity contribution is 9.18. The van der Waals surface area contributed by atoms with Gasteiger partial charge in [-0.25, -0.2) is 4.99 Å². The van der Waals surface area contributed by atoms with Crippen molar-refractivity contribution in [1.29, 1.82) is 0 Å². The van der Waals surface area contributed by atoms with Gasteiger partial charge in [0, 0.05) is 12.8 Å². The summed E-state index contributed by atoms with van der Waals surface area (Å²) in [5.41, 5.74) is 0.346. The Bertz CT molecular complexity index is 292. The molecule has 0 aromatic heterocycles. The van der Waals surface area contributed by atoms with Crippen LogP contribution in [-0.2, 0) is 9.59 Å². The molecule has 0 fully saturated rings. The Morgan fingerprint density at radius 3 is 2.64 bits per heavy atom. The molecule has 0 unspecified atom stereocenters. The molecule has 76 valence electrons. The van der Waals surface area contributed by atoms with Crippen LogP contribution in [0.15, 0.2) is 29.4 Å². The average molecular weight is 258 g/mol. The summed E-state index contributed by atoms with van der Waals surface area (Å²) in [7, 11) is 0. The molecular formula is C10H12BrNO2. The van der Waals surface area contributed by atoms with E-state index in [1.54, 1.807) is 13.0 Å². The number of ketones is 1. The Hall–Kier alpha value is -1.03. The minimum atomic E-state index is -0.140. The van der Waals surface area contributed by atoms with Crippen LogP contribution in [0.25, 0.3) is 0 Å². The first-order valence-electron chi connectivity index (χ1n) is 4.15. The van der Waals surface area contributed by atoms with E-state index in [4.69, 9.17) is 0 Å². The molecule has 0 aliphatic rings. The fourth-order valence-corrected chi connectivity index (χ4v) is 0.958. The molecule has 0 radical (unpaired) electrons. The maximum Gasteiger partial charge on any atom is 0.181 e. The number of nitrogens with zero attached hydrogens (tertiary/aromatic N) is 1. The number of aliphatic imine (C=N–C) groups is 1. The van der Waals surface area contributed by atoms with Crippen LogP contribution < -0.4 is 0 Å². The number of carbonyl (C=O) groups is 2. The van der Waals surface area contributed by atoms with E-state index in [1.165, 1.54) is 6.08 Å². The van der Waals surface area contributed by atoms with E-state index in [-0.39, 0.29) is 18.6 Å². The molecule has 0 rings (SSSR count). The van der Waals surface area contributed by atoms with Gasteiger partial charge in [0.25, 0.3) is 0 Å². The lowest BCUT2D eigenvalue weighted by Crippen LogP contribution is -2.01. The number of rotatable bonds is 6. The van der Waals surface area contributed by atoms with Crippen molar-refractivity contribution in [3.63, 3.8) is 0 Å². The van der Waals surface area contributed by atoms with Crippen LogP contribution in [0.2, 0.25) is 0 Å². The number of hydrogen-bond donors (Lipinski definition) is 0. The zero-order valence-electron chi connectivity index (χ0n) is 8.00. The van der Waals surface area contributed by atoms with Gasteiger partial charge in [-0.05, 0) is 28.9 Å². The molecule has 0 aromatic rings. The van der Waals surface area contributed by atoms with E-state index in [0.717, 1.165) is 6.29 Å². The number of Topliss-reactive ketones (excluding diaryl/α,β-unsaturated/α-hetero) is 1. The highest BCUT2D eigenvalue weighted by Crippen LogP contribution is 2.06. The van der Waals surface area contributed by atoms with E-state index >= 15 is 0 Å². The lowest BCUT2D eigenvalue weighted by molar-refractivity contribution is -0.117. The van der Waals surface area contributed by atoms with Crippen LogP contribution in [-0.4, -0.2) is 16.7 Å². The first kappa shape index (κ1) is 13.0. The van der Waals surface area contributed by atoms with Crippen LogP contribution >= 0.6 is 15.9 Å². The standard InChI is InChI=1S/C10H12BrNO2/c1-3-8(12-10(11)4-2)9(14)6-5-7-13/h3-4,7H,2,5-6H2,1H3. The first-order chi connectivity index (χ1) is 6.65. The van der Waals surface area contributed by atoms with Crippen molar-refractivity contribution in [3.05, 3.63) is 24.4 Å². The zero-order chi connectivity index (χ0) is 11.0. The zero-order valence-corrected chi connectivity index (χ0v) is 9.58. The minimum absolute atomic E-state index is 0.140. The summed E-state index contributed by atoms with van der Waals surface area (Å²) in [5.74, 6) is -0.140. The Morgan fingerprint density at radius 2 is 2.21 bits per heavy atom. The van der Waals surface area contributed by atoms with Crippen molar-refractivity contribution in [2.75, 3.05) is 0 Å². The maximum atomic E-state index is 11.4. The summed E-state index contributed by atoms with van der Waals surface area (Å²) in [6, 6.07) is 0. The summed E-state index contributed by atoms with van der Waals surface area (Å²) in [4.78, 5) is 25.4. The third-order valence-corrected chi connectivity index (χ3v) is 1.95. The van der Waals surface area contributed by atoms with Crippen LogP contribution in [0.5, 0.6) is 0 Å². The summed E-state index contributed by atoms with van der Waals surface area (Å²) in [6.07, 6.45) is 4.26. The molecule has 0 bridgehead atoms. The highest BCUT2D eigenvalue weighted by Gasteiger charge is 2.06. The number of hydrogen-bond acceptors (Lipinski definition) is 3. The van der Waals surface area contributed by atoms with E-state index in [0.29, 0.717) is 10.3 Å². The molecule has 4 heteroatoms. The second-order valence-electron chi connectivity index (χ2n) is 2.44. The fraction of sp³-hybridized carbons (Fsp3) is 0.300. The number of aldehydes is 1. The average Bonchev–Trinajstić information content (AvgIpc) is 2.21.